The molecule has 0 spiro atoms. The molecule has 1 aromatic rings. The Bertz CT molecular complexity index is 614. The average Bonchev–Trinajstić information content (AvgIpc) is 3.17. The zero-order valence-electron chi connectivity index (χ0n) is 13.2. The van der Waals surface area contributed by atoms with Crippen LogP contribution in [-0.2, 0) is 14.3 Å². The van der Waals surface area contributed by atoms with Crippen molar-refractivity contribution in [2.75, 3.05) is 24.6 Å². The van der Waals surface area contributed by atoms with Gasteiger partial charge in [0.25, 0.3) is 0 Å². The molecular formula is C17H21ClN2O3. The SMILES string of the molecule is Cc1c(Cl)cccc1N1CC(C(=O)NCC2CCCO2)CC1=O. The third kappa shape index (κ3) is 3.51. The van der Waals surface area contributed by atoms with Gasteiger partial charge in [0.1, 0.15) is 0 Å². The van der Waals surface area contributed by atoms with Gasteiger partial charge in [-0.25, -0.2) is 0 Å². The van der Waals surface area contributed by atoms with E-state index in [0.717, 1.165) is 30.7 Å². The number of nitrogens with zero attached hydrogens (tertiary/aromatic N) is 1. The number of ether oxygens (including phenoxy) is 1. The normalized spacial score (nSPS) is 24.3. The molecule has 2 atom stereocenters. The lowest BCUT2D eigenvalue weighted by molar-refractivity contribution is -0.126. The van der Waals surface area contributed by atoms with E-state index in [1.54, 1.807) is 11.0 Å². The summed E-state index contributed by atoms with van der Waals surface area (Å²) < 4.78 is 5.50. The van der Waals surface area contributed by atoms with Crippen LogP contribution in [0.15, 0.2) is 18.2 Å². The summed E-state index contributed by atoms with van der Waals surface area (Å²) >= 11 is 6.13. The molecule has 2 saturated heterocycles. The molecule has 23 heavy (non-hydrogen) atoms. The van der Waals surface area contributed by atoms with Gasteiger partial charge in [-0.15, -0.1) is 0 Å². The summed E-state index contributed by atoms with van der Waals surface area (Å²) in [6.07, 6.45) is 2.38. The van der Waals surface area contributed by atoms with Crippen LogP contribution in [0, 0.1) is 12.8 Å². The third-order valence-electron chi connectivity index (χ3n) is 4.55. The van der Waals surface area contributed by atoms with E-state index in [-0.39, 0.29) is 30.3 Å². The van der Waals surface area contributed by atoms with Crippen molar-refractivity contribution >= 4 is 29.1 Å². The van der Waals surface area contributed by atoms with Gasteiger partial charge in [0.2, 0.25) is 11.8 Å². The second-order valence-corrected chi connectivity index (χ2v) is 6.58. The van der Waals surface area contributed by atoms with Crippen molar-refractivity contribution in [3.63, 3.8) is 0 Å². The fourth-order valence-electron chi connectivity index (χ4n) is 3.17. The van der Waals surface area contributed by atoms with Gasteiger partial charge < -0.3 is 15.0 Å². The lowest BCUT2D eigenvalue weighted by atomic mass is 10.1. The van der Waals surface area contributed by atoms with E-state index >= 15 is 0 Å². The van der Waals surface area contributed by atoms with Crippen LogP contribution in [0.2, 0.25) is 5.02 Å². The monoisotopic (exact) mass is 336 g/mol. The minimum absolute atomic E-state index is 0.0346. The molecule has 2 fully saturated rings. The number of carbonyl (C=O) groups is 2. The summed E-state index contributed by atoms with van der Waals surface area (Å²) in [7, 11) is 0. The number of hydrogen-bond acceptors (Lipinski definition) is 3. The first-order valence-electron chi connectivity index (χ1n) is 8.01. The first-order valence-corrected chi connectivity index (χ1v) is 8.39. The van der Waals surface area contributed by atoms with Gasteiger partial charge in [-0.3, -0.25) is 9.59 Å². The number of rotatable bonds is 4. The zero-order chi connectivity index (χ0) is 16.4. The van der Waals surface area contributed by atoms with Crippen LogP contribution < -0.4 is 10.2 Å². The minimum atomic E-state index is -0.317. The van der Waals surface area contributed by atoms with Crippen molar-refractivity contribution < 1.29 is 14.3 Å². The van der Waals surface area contributed by atoms with Crippen molar-refractivity contribution in [2.24, 2.45) is 5.92 Å². The van der Waals surface area contributed by atoms with Crippen LogP contribution in [0.1, 0.15) is 24.8 Å². The summed E-state index contributed by atoms with van der Waals surface area (Å²) in [5.41, 5.74) is 1.65. The molecule has 1 N–H and O–H groups in total. The van der Waals surface area contributed by atoms with Gasteiger partial charge in [-0.2, -0.15) is 0 Å². The smallest absolute Gasteiger partial charge is 0.227 e. The van der Waals surface area contributed by atoms with Crippen molar-refractivity contribution in [1.82, 2.24) is 5.32 Å². The van der Waals surface area contributed by atoms with Crippen molar-refractivity contribution in [2.45, 2.75) is 32.3 Å². The molecule has 2 aliphatic heterocycles. The van der Waals surface area contributed by atoms with Crippen molar-refractivity contribution in [3.05, 3.63) is 28.8 Å². The molecule has 0 aromatic heterocycles. The fraction of sp³-hybridized carbons (Fsp3) is 0.529. The molecule has 2 unspecified atom stereocenters. The zero-order valence-corrected chi connectivity index (χ0v) is 13.9. The highest BCUT2D eigenvalue weighted by atomic mass is 35.5. The highest BCUT2D eigenvalue weighted by Gasteiger charge is 2.36. The second-order valence-electron chi connectivity index (χ2n) is 6.17. The van der Waals surface area contributed by atoms with E-state index in [2.05, 4.69) is 5.32 Å². The summed E-state index contributed by atoms with van der Waals surface area (Å²) in [5.74, 6) is -0.425. The van der Waals surface area contributed by atoms with Crippen LogP contribution in [-0.4, -0.2) is 37.6 Å². The lowest BCUT2D eigenvalue weighted by Gasteiger charge is -2.20. The maximum Gasteiger partial charge on any atom is 0.227 e. The predicted octanol–water partition coefficient (Wildman–Crippen LogP) is 2.30. The predicted molar refractivity (Wildman–Crippen MR) is 88.6 cm³/mol. The number of anilines is 1. The largest absolute Gasteiger partial charge is 0.376 e. The van der Waals surface area contributed by atoms with Gasteiger partial charge >= 0.3 is 0 Å². The Hall–Kier alpha value is -1.59. The van der Waals surface area contributed by atoms with Gasteiger partial charge in [0, 0.05) is 36.8 Å². The average molecular weight is 337 g/mol. The number of hydrogen-bond donors (Lipinski definition) is 1. The summed E-state index contributed by atoms with van der Waals surface area (Å²) in [6, 6.07) is 5.49. The molecule has 0 radical (unpaired) electrons. The maximum absolute atomic E-state index is 12.3. The van der Waals surface area contributed by atoms with Crippen LogP contribution in [0.5, 0.6) is 0 Å². The molecule has 6 heteroatoms. The van der Waals surface area contributed by atoms with Crippen LogP contribution in [0.4, 0.5) is 5.69 Å². The third-order valence-corrected chi connectivity index (χ3v) is 4.96. The van der Waals surface area contributed by atoms with E-state index in [9.17, 15) is 9.59 Å². The molecule has 2 heterocycles. The highest BCUT2D eigenvalue weighted by molar-refractivity contribution is 6.31. The molecule has 0 aliphatic carbocycles. The molecule has 2 amide bonds. The molecule has 0 bridgehead atoms. The Kier molecular flexibility index (Phi) is 4.87. The quantitative estimate of drug-likeness (QED) is 0.917. The lowest BCUT2D eigenvalue weighted by Crippen LogP contribution is -2.37. The first kappa shape index (κ1) is 16.3. The molecule has 1 aromatic carbocycles. The molecule has 0 saturated carbocycles. The number of nitrogens with one attached hydrogen (secondary N) is 1. The van der Waals surface area contributed by atoms with Gasteiger partial charge in [0.05, 0.1) is 12.0 Å². The maximum atomic E-state index is 12.3. The van der Waals surface area contributed by atoms with E-state index in [1.165, 1.54) is 0 Å². The van der Waals surface area contributed by atoms with E-state index in [1.807, 2.05) is 19.1 Å². The standard InChI is InChI=1S/C17H21ClN2O3/c1-11-14(18)5-2-6-15(11)20-10-12(8-16(20)21)17(22)19-9-13-4-3-7-23-13/h2,5-6,12-13H,3-4,7-10H2,1H3,(H,19,22). The van der Waals surface area contributed by atoms with Crippen molar-refractivity contribution in [3.8, 4) is 0 Å². The van der Waals surface area contributed by atoms with Gasteiger partial charge in [-0.1, -0.05) is 17.7 Å². The van der Waals surface area contributed by atoms with E-state index in [4.69, 9.17) is 16.3 Å². The van der Waals surface area contributed by atoms with Gasteiger partial charge in [0.15, 0.2) is 0 Å². The number of halogens is 1. The molecule has 2 aliphatic rings. The second kappa shape index (κ2) is 6.89. The molecule has 5 nitrogen and oxygen atoms in total. The number of benzene rings is 1. The van der Waals surface area contributed by atoms with Gasteiger partial charge in [-0.05, 0) is 37.5 Å². The Morgan fingerprint density at radius 3 is 3.04 bits per heavy atom. The summed E-state index contributed by atoms with van der Waals surface area (Å²) in [6.45, 7) is 3.58. The summed E-state index contributed by atoms with van der Waals surface area (Å²) in [5, 5.41) is 3.54. The Morgan fingerprint density at radius 1 is 1.48 bits per heavy atom. The Balaban J connectivity index is 1.62. The first-order chi connectivity index (χ1) is 11.1. The summed E-state index contributed by atoms with van der Waals surface area (Å²) in [4.78, 5) is 26.3. The van der Waals surface area contributed by atoms with Crippen LogP contribution in [0.25, 0.3) is 0 Å². The van der Waals surface area contributed by atoms with Crippen molar-refractivity contribution in [1.29, 1.82) is 0 Å². The number of amides is 2. The Morgan fingerprint density at radius 2 is 2.30 bits per heavy atom. The Labute approximate surface area is 140 Å². The molecule has 3 rings (SSSR count). The topological polar surface area (TPSA) is 58.6 Å². The number of carbonyl (C=O) groups excluding carboxylic acids is 2. The minimum Gasteiger partial charge on any atom is -0.376 e. The van der Waals surface area contributed by atoms with E-state index in [0.29, 0.717) is 18.1 Å². The molecule has 124 valence electrons. The fourth-order valence-corrected chi connectivity index (χ4v) is 3.34. The highest BCUT2D eigenvalue weighted by Crippen LogP contribution is 2.31. The van der Waals surface area contributed by atoms with E-state index < -0.39 is 0 Å². The van der Waals surface area contributed by atoms with Crippen LogP contribution in [0.3, 0.4) is 0 Å². The van der Waals surface area contributed by atoms with Crippen LogP contribution >= 0.6 is 11.6 Å². The molecular weight excluding hydrogens is 316 g/mol.